The highest BCUT2D eigenvalue weighted by atomic mass is 19.1. The summed E-state index contributed by atoms with van der Waals surface area (Å²) >= 11 is 0. The molecule has 0 spiro atoms. The topological polar surface area (TPSA) is 84.2 Å². The average molecular weight is 381 g/mol. The minimum absolute atomic E-state index is 0.0826. The number of hydrogen-bond donors (Lipinski definition) is 2. The predicted molar refractivity (Wildman–Crippen MR) is 104 cm³/mol. The Bertz CT molecular complexity index is 993. The number of rotatable bonds is 5. The predicted octanol–water partition coefficient (Wildman–Crippen LogP) is 4.64. The van der Waals surface area contributed by atoms with Gasteiger partial charge in [0.25, 0.3) is 5.91 Å². The number of aryl methyl sites for hydroxylation is 1. The van der Waals surface area contributed by atoms with Crippen LogP contribution in [0.25, 0.3) is 11.3 Å². The molecule has 7 heteroatoms. The number of benzene rings is 2. The van der Waals surface area contributed by atoms with Crippen molar-refractivity contribution in [2.75, 3.05) is 10.6 Å². The zero-order valence-electron chi connectivity index (χ0n) is 15.7. The minimum atomic E-state index is -0.392. The van der Waals surface area contributed by atoms with Crippen LogP contribution in [-0.2, 0) is 4.79 Å². The largest absolute Gasteiger partial charge is 0.360 e. The molecule has 0 unspecified atom stereocenters. The second kappa shape index (κ2) is 8.04. The first-order valence-electron chi connectivity index (χ1n) is 8.79. The Morgan fingerprint density at radius 1 is 0.964 bits per heavy atom. The summed E-state index contributed by atoms with van der Waals surface area (Å²) in [5, 5.41) is 9.51. The van der Waals surface area contributed by atoms with E-state index < -0.39 is 5.91 Å². The molecule has 0 atom stereocenters. The minimum Gasteiger partial charge on any atom is -0.360 e. The fourth-order valence-corrected chi connectivity index (χ4v) is 2.56. The number of nitrogens with one attached hydrogen (secondary N) is 2. The number of amides is 2. The van der Waals surface area contributed by atoms with Gasteiger partial charge < -0.3 is 15.2 Å². The van der Waals surface area contributed by atoms with Crippen molar-refractivity contribution in [1.29, 1.82) is 0 Å². The van der Waals surface area contributed by atoms with E-state index in [1.807, 2.05) is 13.8 Å². The molecular formula is C21H20FN3O3. The molecule has 1 aromatic heterocycles. The lowest BCUT2D eigenvalue weighted by molar-refractivity contribution is -0.118. The Balaban J connectivity index is 1.78. The monoisotopic (exact) mass is 381 g/mol. The Morgan fingerprint density at radius 2 is 1.54 bits per heavy atom. The van der Waals surface area contributed by atoms with E-state index in [9.17, 15) is 14.0 Å². The first-order valence-corrected chi connectivity index (χ1v) is 8.79. The molecule has 0 bridgehead atoms. The maximum absolute atomic E-state index is 13.2. The molecule has 6 nitrogen and oxygen atoms in total. The Kier molecular flexibility index (Phi) is 5.54. The van der Waals surface area contributed by atoms with Crippen molar-refractivity contribution >= 4 is 23.2 Å². The summed E-state index contributed by atoms with van der Waals surface area (Å²) < 4.78 is 18.3. The SMILES string of the molecule is Cc1onc(-c2ccc(F)cc2)c1C(=O)Nc1ccc(NC(=O)C(C)C)cc1. The molecular weight excluding hydrogens is 361 g/mol. The van der Waals surface area contributed by atoms with Crippen LogP contribution < -0.4 is 10.6 Å². The van der Waals surface area contributed by atoms with Crippen LogP contribution in [0.1, 0.15) is 30.0 Å². The number of carbonyl (C=O) groups excluding carboxylic acids is 2. The zero-order valence-corrected chi connectivity index (χ0v) is 15.7. The third kappa shape index (κ3) is 4.25. The maximum Gasteiger partial charge on any atom is 0.261 e. The molecule has 0 fully saturated rings. The highest BCUT2D eigenvalue weighted by molar-refractivity contribution is 6.08. The number of halogens is 1. The van der Waals surface area contributed by atoms with E-state index in [-0.39, 0.29) is 23.2 Å². The standard InChI is InChI=1S/C21H20FN3O3/c1-12(2)20(26)23-16-8-10-17(11-9-16)24-21(27)18-13(3)28-25-19(18)14-4-6-15(22)7-5-14/h4-12H,1-3H3,(H,23,26)(H,24,27). The first-order chi connectivity index (χ1) is 13.3. The van der Waals surface area contributed by atoms with E-state index in [0.717, 1.165) is 0 Å². The maximum atomic E-state index is 13.2. The molecule has 0 aliphatic rings. The van der Waals surface area contributed by atoms with E-state index in [1.165, 1.54) is 24.3 Å². The van der Waals surface area contributed by atoms with Crippen molar-refractivity contribution in [3.63, 3.8) is 0 Å². The summed E-state index contributed by atoms with van der Waals surface area (Å²) in [5.74, 6) is -0.615. The van der Waals surface area contributed by atoms with Crippen LogP contribution in [0, 0.1) is 18.7 Å². The first kappa shape index (κ1) is 19.3. The number of hydrogen-bond acceptors (Lipinski definition) is 4. The summed E-state index contributed by atoms with van der Waals surface area (Å²) in [7, 11) is 0. The molecule has 3 aromatic rings. The van der Waals surface area contributed by atoms with Crippen LogP contribution in [0.2, 0.25) is 0 Å². The van der Waals surface area contributed by atoms with E-state index in [2.05, 4.69) is 15.8 Å². The van der Waals surface area contributed by atoms with Crippen LogP contribution >= 0.6 is 0 Å². The summed E-state index contributed by atoms with van der Waals surface area (Å²) in [6.45, 7) is 5.26. The lowest BCUT2D eigenvalue weighted by Gasteiger charge is -2.09. The fourth-order valence-electron chi connectivity index (χ4n) is 2.56. The van der Waals surface area contributed by atoms with Crippen LogP contribution in [0.5, 0.6) is 0 Å². The molecule has 28 heavy (non-hydrogen) atoms. The quantitative estimate of drug-likeness (QED) is 0.674. The van der Waals surface area contributed by atoms with Gasteiger partial charge in [-0.05, 0) is 55.5 Å². The Labute approximate surface area is 161 Å². The molecule has 0 aliphatic heterocycles. The lowest BCUT2D eigenvalue weighted by Crippen LogP contribution is -2.17. The molecule has 3 rings (SSSR count). The van der Waals surface area contributed by atoms with Crippen molar-refractivity contribution in [2.24, 2.45) is 5.92 Å². The van der Waals surface area contributed by atoms with Gasteiger partial charge in [0.15, 0.2) is 0 Å². The van der Waals surface area contributed by atoms with Gasteiger partial charge in [0.1, 0.15) is 22.8 Å². The van der Waals surface area contributed by atoms with Gasteiger partial charge in [-0.1, -0.05) is 19.0 Å². The van der Waals surface area contributed by atoms with Gasteiger partial charge in [-0.2, -0.15) is 0 Å². The fraction of sp³-hybridized carbons (Fsp3) is 0.190. The molecule has 0 radical (unpaired) electrons. The van der Waals surface area contributed by atoms with Crippen LogP contribution in [0.15, 0.2) is 53.1 Å². The van der Waals surface area contributed by atoms with E-state index in [1.54, 1.807) is 31.2 Å². The summed E-state index contributed by atoms with van der Waals surface area (Å²) in [6.07, 6.45) is 0. The molecule has 1 heterocycles. The smallest absolute Gasteiger partial charge is 0.261 e. The van der Waals surface area contributed by atoms with Crippen molar-refractivity contribution in [2.45, 2.75) is 20.8 Å². The van der Waals surface area contributed by atoms with E-state index >= 15 is 0 Å². The van der Waals surface area contributed by atoms with Gasteiger partial charge in [-0.3, -0.25) is 9.59 Å². The molecule has 0 aliphatic carbocycles. The zero-order chi connectivity index (χ0) is 20.3. The highest BCUT2D eigenvalue weighted by Gasteiger charge is 2.22. The number of nitrogens with zero attached hydrogens (tertiary/aromatic N) is 1. The number of carbonyl (C=O) groups is 2. The summed E-state index contributed by atoms with van der Waals surface area (Å²) in [4.78, 5) is 24.5. The highest BCUT2D eigenvalue weighted by Crippen LogP contribution is 2.26. The third-order valence-electron chi connectivity index (χ3n) is 4.14. The number of aromatic nitrogens is 1. The normalized spacial score (nSPS) is 10.8. The van der Waals surface area contributed by atoms with Crippen molar-refractivity contribution in [3.05, 3.63) is 65.7 Å². The van der Waals surface area contributed by atoms with Gasteiger partial charge in [0, 0.05) is 22.9 Å². The van der Waals surface area contributed by atoms with Crippen LogP contribution in [0.3, 0.4) is 0 Å². The number of anilines is 2. The third-order valence-corrected chi connectivity index (χ3v) is 4.14. The van der Waals surface area contributed by atoms with E-state index in [0.29, 0.717) is 28.4 Å². The molecule has 144 valence electrons. The molecule has 0 saturated carbocycles. The molecule has 2 amide bonds. The lowest BCUT2D eigenvalue weighted by atomic mass is 10.1. The van der Waals surface area contributed by atoms with Gasteiger partial charge >= 0.3 is 0 Å². The van der Waals surface area contributed by atoms with Gasteiger partial charge in [-0.25, -0.2) is 4.39 Å². The summed E-state index contributed by atoms with van der Waals surface area (Å²) in [6, 6.07) is 12.5. The van der Waals surface area contributed by atoms with Gasteiger partial charge in [0.2, 0.25) is 5.91 Å². The van der Waals surface area contributed by atoms with Gasteiger partial charge in [0.05, 0.1) is 0 Å². The average Bonchev–Trinajstić information content (AvgIpc) is 3.05. The van der Waals surface area contributed by atoms with Gasteiger partial charge in [-0.15, -0.1) is 0 Å². The van der Waals surface area contributed by atoms with Crippen molar-refractivity contribution in [1.82, 2.24) is 5.16 Å². The van der Waals surface area contributed by atoms with Crippen molar-refractivity contribution in [3.8, 4) is 11.3 Å². The summed E-state index contributed by atoms with van der Waals surface area (Å²) in [5.41, 5.74) is 2.40. The Morgan fingerprint density at radius 3 is 2.11 bits per heavy atom. The van der Waals surface area contributed by atoms with E-state index in [4.69, 9.17) is 4.52 Å². The molecule has 2 aromatic carbocycles. The molecule has 2 N–H and O–H groups in total. The van der Waals surface area contributed by atoms with Crippen LogP contribution in [0.4, 0.5) is 15.8 Å². The van der Waals surface area contributed by atoms with Crippen LogP contribution in [-0.4, -0.2) is 17.0 Å². The molecule has 0 saturated heterocycles. The second-order valence-electron chi connectivity index (χ2n) is 6.64. The second-order valence-corrected chi connectivity index (χ2v) is 6.64. The van der Waals surface area contributed by atoms with Crippen molar-refractivity contribution < 1.29 is 18.5 Å². The Hall–Kier alpha value is -3.48.